The molecule has 0 aliphatic carbocycles. The Morgan fingerprint density at radius 2 is 1.74 bits per heavy atom. The lowest BCUT2D eigenvalue weighted by atomic mass is 10.2. The van der Waals surface area contributed by atoms with Gasteiger partial charge in [0.05, 0.1) is 6.54 Å². The third-order valence-corrected chi connectivity index (χ3v) is 5.67. The molecule has 6 nitrogen and oxygen atoms in total. The maximum absolute atomic E-state index is 6.22. The van der Waals surface area contributed by atoms with Gasteiger partial charge in [-0.1, -0.05) is 24.3 Å². The first-order valence-electron chi connectivity index (χ1n) is 8.98. The summed E-state index contributed by atoms with van der Waals surface area (Å²) >= 11 is 1.68. The Morgan fingerprint density at radius 3 is 2.37 bits per heavy atom. The van der Waals surface area contributed by atoms with Crippen molar-refractivity contribution in [1.82, 2.24) is 9.88 Å². The van der Waals surface area contributed by atoms with E-state index in [0.29, 0.717) is 12.5 Å². The van der Waals surface area contributed by atoms with E-state index in [1.807, 2.05) is 11.6 Å². The van der Waals surface area contributed by atoms with E-state index in [2.05, 4.69) is 61.1 Å². The fourth-order valence-corrected chi connectivity index (χ4v) is 3.97. The number of benzene rings is 1. The quantitative estimate of drug-likeness (QED) is 0.306. The third kappa shape index (κ3) is 4.92. The van der Waals surface area contributed by atoms with Crippen LogP contribution in [0, 0.1) is 0 Å². The van der Waals surface area contributed by atoms with E-state index in [1.165, 1.54) is 11.3 Å². The molecule has 0 radical (unpaired) electrons. The summed E-state index contributed by atoms with van der Waals surface area (Å²) in [5.74, 6) is 0.636. The summed E-state index contributed by atoms with van der Waals surface area (Å²) in [6, 6.07) is 8.62. The summed E-state index contributed by atoms with van der Waals surface area (Å²) in [6.45, 7) is 6.25. The fraction of sp³-hybridized carbons (Fsp3) is 0.368. The molecule has 4 rings (SSSR count). The second-order valence-corrected chi connectivity index (χ2v) is 7.38. The van der Waals surface area contributed by atoms with E-state index in [4.69, 9.17) is 5.73 Å². The van der Waals surface area contributed by atoms with Crippen LogP contribution in [0.1, 0.15) is 5.56 Å². The lowest BCUT2D eigenvalue weighted by Crippen LogP contribution is -2.51. The highest BCUT2D eigenvalue weighted by Crippen LogP contribution is 2.19. The van der Waals surface area contributed by atoms with Crippen molar-refractivity contribution in [2.24, 2.45) is 10.7 Å². The van der Waals surface area contributed by atoms with Crippen LogP contribution < -0.4 is 15.5 Å². The van der Waals surface area contributed by atoms with Crippen molar-refractivity contribution >= 4 is 52.1 Å². The maximum Gasteiger partial charge on any atom is 0.191 e. The molecule has 0 spiro atoms. The van der Waals surface area contributed by atoms with Crippen molar-refractivity contribution < 1.29 is 0 Å². The smallest absolute Gasteiger partial charge is 0.191 e. The van der Waals surface area contributed by atoms with Gasteiger partial charge in [0.2, 0.25) is 0 Å². The van der Waals surface area contributed by atoms with Crippen LogP contribution in [0.5, 0.6) is 0 Å². The molecule has 1 saturated heterocycles. The molecule has 2 aliphatic heterocycles. The van der Waals surface area contributed by atoms with Gasteiger partial charge in [-0.3, -0.25) is 0 Å². The molecule has 144 valence electrons. The SMILES string of the molecule is I.NC(=NCc1ccc(N2CC=CC2)cc1)N1CCN(c2nccs2)CC1. The van der Waals surface area contributed by atoms with Crippen LogP contribution in [0.3, 0.4) is 0 Å². The molecule has 2 aromatic rings. The monoisotopic (exact) mass is 496 g/mol. The molecule has 0 bridgehead atoms. The first-order chi connectivity index (χ1) is 12.8. The van der Waals surface area contributed by atoms with Crippen LogP contribution in [0.15, 0.2) is 53.0 Å². The minimum absolute atomic E-state index is 0. The Kier molecular flexibility index (Phi) is 6.95. The van der Waals surface area contributed by atoms with Crippen molar-refractivity contribution in [2.45, 2.75) is 6.54 Å². The van der Waals surface area contributed by atoms with Gasteiger partial charge in [0.1, 0.15) is 0 Å². The average molecular weight is 496 g/mol. The number of halogens is 1. The van der Waals surface area contributed by atoms with E-state index >= 15 is 0 Å². The largest absolute Gasteiger partial charge is 0.370 e. The number of nitrogens with two attached hydrogens (primary N) is 1. The molecular weight excluding hydrogens is 471 g/mol. The summed E-state index contributed by atoms with van der Waals surface area (Å²) in [5.41, 5.74) is 8.66. The minimum atomic E-state index is 0. The highest BCUT2D eigenvalue weighted by Gasteiger charge is 2.19. The van der Waals surface area contributed by atoms with Crippen LogP contribution in [0.2, 0.25) is 0 Å². The fourth-order valence-electron chi connectivity index (χ4n) is 3.27. The number of rotatable bonds is 4. The molecule has 1 aromatic carbocycles. The molecule has 0 unspecified atom stereocenters. The van der Waals surface area contributed by atoms with Gasteiger partial charge in [-0.25, -0.2) is 9.98 Å². The maximum atomic E-state index is 6.22. The number of nitrogens with zero attached hydrogens (tertiary/aromatic N) is 5. The molecule has 3 heterocycles. The Hall–Kier alpha value is -1.81. The molecule has 8 heteroatoms. The standard InChI is InChI=1S/C19H24N6S.HI/c20-18(24-10-12-25(13-11-24)19-21-7-14-26-19)22-15-16-3-5-17(6-4-16)23-8-1-2-9-23;/h1-7,14H,8-13,15H2,(H2,20,22);1H. The van der Waals surface area contributed by atoms with E-state index in [9.17, 15) is 0 Å². The van der Waals surface area contributed by atoms with E-state index < -0.39 is 0 Å². The van der Waals surface area contributed by atoms with E-state index in [-0.39, 0.29) is 24.0 Å². The van der Waals surface area contributed by atoms with Gasteiger partial charge in [-0.05, 0) is 17.7 Å². The molecule has 0 atom stereocenters. The van der Waals surface area contributed by atoms with Gasteiger partial charge in [-0.2, -0.15) is 0 Å². The molecule has 0 saturated carbocycles. The number of aromatic nitrogens is 1. The third-order valence-electron chi connectivity index (χ3n) is 4.84. The molecule has 2 N–H and O–H groups in total. The van der Waals surface area contributed by atoms with Crippen molar-refractivity contribution in [1.29, 1.82) is 0 Å². The predicted octanol–water partition coefficient (Wildman–Crippen LogP) is 2.77. The predicted molar refractivity (Wildman–Crippen MR) is 124 cm³/mol. The van der Waals surface area contributed by atoms with E-state index in [0.717, 1.165) is 44.4 Å². The van der Waals surface area contributed by atoms with Gasteiger partial charge >= 0.3 is 0 Å². The number of thiazole rings is 1. The molecule has 1 fully saturated rings. The van der Waals surface area contributed by atoms with Crippen molar-refractivity contribution in [2.75, 3.05) is 49.1 Å². The van der Waals surface area contributed by atoms with Gasteiger partial charge in [0.15, 0.2) is 11.1 Å². The summed E-state index contributed by atoms with van der Waals surface area (Å²) in [6.07, 6.45) is 6.26. The normalized spacial score (nSPS) is 17.3. The number of hydrogen-bond donors (Lipinski definition) is 1. The van der Waals surface area contributed by atoms with Crippen LogP contribution >= 0.6 is 35.3 Å². The van der Waals surface area contributed by atoms with Gasteiger partial charge in [0, 0.05) is 56.5 Å². The number of piperazine rings is 1. The van der Waals surface area contributed by atoms with Crippen molar-refractivity contribution in [3.63, 3.8) is 0 Å². The summed E-state index contributed by atoms with van der Waals surface area (Å²) in [7, 11) is 0. The van der Waals surface area contributed by atoms with Gasteiger partial charge < -0.3 is 20.4 Å². The first-order valence-corrected chi connectivity index (χ1v) is 9.86. The number of anilines is 2. The van der Waals surface area contributed by atoms with Gasteiger partial charge in [-0.15, -0.1) is 35.3 Å². The summed E-state index contributed by atoms with van der Waals surface area (Å²) in [4.78, 5) is 15.8. The van der Waals surface area contributed by atoms with Crippen LogP contribution in [-0.4, -0.2) is 55.1 Å². The highest BCUT2D eigenvalue weighted by atomic mass is 127. The topological polar surface area (TPSA) is 61.0 Å². The van der Waals surface area contributed by atoms with Crippen molar-refractivity contribution in [3.8, 4) is 0 Å². The lowest BCUT2D eigenvalue weighted by molar-refractivity contribution is 0.380. The lowest BCUT2D eigenvalue weighted by Gasteiger charge is -2.35. The zero-order valence-corrected chi connectivity index (χ0v) is 18.3. The second kappa shape index (κ2) is 9.41. The summed E-state index contributed by atoms with van der Waals surface area (Å²) < 4.78 is 0. The molecule has 0 amide bonds. The molecule has 1 aromatic heterocycles. The van der Waals surface area contributed by atoms with Crippen LogP contribution in [0.4, 0.5) is 10.8 Å². The molecular formula is C19H25IN6S. The first kappa shape index (κ1) is 19.9. The number of hydrogen-bond acceptors (Lipinski definition) is 5. The zero-order valence-electron chi connectivity index (χ0n) is 15.2. The number of guanidine groups is 1. The molecule has 2 aliphatic rings. The Labute approximate surface area is 181 Å². The minimum Gasteiger partial charge on any atom is -0.370 e. The Morgan fingerprint density at radius 1 is 1.04 bits per heavy atom. The second-order valence-electron chi connectivity index (χ2n) is 6.51. The summed E-state index contributed by atoms with van der Waals surface area (Å²) in [5, 5.41) is 3.11. The van der Waals surface area contributed by atoms with Crippen LogP contribution in [-0.2, 0) is 6.54 Å². The average Bonchev–Trinajstić information content (AvgIpc) is 3.40. The van der Waals surface area contributed by atoms with Crippen LogP contribution in [0.25, 0.3) is 0 Å². The van der Waals surface area contributed by atoms with E-state index in [1.54, 1.807) is 11.3 Å². The number of aliphatic imine (C=N–C) groups is 1. The van der Waals surface area contributed by atoms with Crippen molar-refractivity contribution in [3.05, 3.63) is 53.6 Å². The Bertz CT molecular complexity index is 758. The molecule has 27 heavy (non-hydrogen) atoms. The van der Waals surface area contributed by atoms with Gasteiger partial charge in [0.25, 0.3) is 0 Å². The highest BCUT2D eigenvalue weighted by molar-refractivity contribution is 14.0. The Balaban J connectivity index is 0.00000210. The zero-order chi connectivity index (χ0) is 17.8.